The number of halogens is 4. The van der Waals surface area contributed by atoms with Crippen molar-refractivity contribution in [3.05, 3.63) is 93.0 Å². The lowest BCUT2D eigenvalue weighted by Crippen LogP contribution is -2.45. The molecule has 304 valence electrons. The topological polar surface area (TPSA) is 145 Å². The smallest absolute Gasteiger partial charge is 0.478 e. The van der Waals surface area contributed by atoms with E-state index in [1.165, 1.54) is 55.6 Å². The Morgan fingerprint density at radius 3 is 2.16 bits per heavy atom. The Labute approximate surface area is 336 Å². The second-order valence-electron chi connectivity index (χ2n) is 16.6. The van der Waals surface area contributed by atoms with Gasteiger partial charge in [-0.15, -0.1) is 0 Å². The highest BCUT2D eigenvalue weighted by Gasteiger charge is 2.61. The van der Waals surface area contributed by atoms with Gasteiger partial charge in [-0.2, -0.15) is 5.26 Å². The van der Waals surface area contributed by atoms with Crippen LogP contribution in [-0.2, 0) is 33.1 Å². The van der Waals surface area contributed by atoms with Gasteiger partial charge in [-0.25, -0.2) is 22.7 Å². The maximum atomic E-state index is 16.1. The molecular weight excluding hydrogens is 790 g/mol. The SMILES string of the molecule is COc1cc(C(=O)OCOP(=O)(OC(C)(C)C)OC(C)(C)C)ccc1NC(=O)[C@@H]1N[C@@H](CC(C)(C)C)[C@](C#N)(c2ccc(Cl)cc2F)[C@H]1c1cccc(Cl)c1F. The fraction of sp³-hybridized carbons (Fsp3) is 0.475. The van der Waals surface area contributed by atoms with Gasteiger partial charge in [0, 0.05) is 22.5 Å². The zero-order valence-electron chi connectivity index (χ0n) is 33.0. The van der Waals surface area contributed by atoms with Crippen molar-refractivity contribution in [1.29, 1.82) is 5.26 Å². The second kappa shape index (κ2) is 17.1. The maximum absolute atomic E-state index is 16.1. The molecule has 1 saturated heterocycles. The summed E-state index contributed by atoms with van der Waals surface area (Å²) < 4.78 is 72.5. The minimum atomic E-state index is -4.18. The number of rotatable bonds is 12. The first-order valence-corrected chi connectivity index (χ1v) is 19.9. The third kappa shape index (κ3) is 10.7. The number of hydrogen-bond acceptors (Lipinski definition) is 10. The standard InChI is InChI=1S/C40H48Cl2F2N3O8P/c1-37(2,3)20-31-40(21-45,26-16-15-24(41)19-28(26)43)32(25-12-11-13-27(42)33(25)44)34(47-31)35(48)46-29-17-14-23(18-30(29)51-10)36(49)52-22-53-56(50,54-38(4,5)6)55-39(7,8)9/h11-19,31-32,34,47H,20,22H2,1-10H3,(H,46,48)/t31-,32-,34+,40-/m0/s1. The van der Waals surface area contributed by atoms with Crippen molar-refractivity contribution in [1.82, 2.24) is 5.32 Å². The van der Waals surface area contributed by atoms with E-state index in [1.54, 1.807) is 41.5 Å². The quantitative estimate of drug-likeness (QED) is 0.103. The highest BCUT2D eigenvalue weighted by atomic mass is 35.5. The predicted octanol–water partition coefficient (Wildman–Crippen LogP) is 10.1. The lowest BCUT2D eigenvalue weighted by Gasteiger charge is -2.37. The normalized spacial score (nSPS) is 20.3. The number of carbonyl (C=O) groups excluding carboxylic acids is 2. The molecule has 0 saturated carbocycles. The molecule has 0 unspecified atom stereocenters. The van der Waals surface area contributed by atoms with E-state index in [0.29, 0.717) is 0 Å². The number of phosphoric ester groups is 1. The van der Waals surface area contributed by atoms with Gasteiger partial charge in [0.25, 0.3) is 0 Å². The molecule has 56 heavy (non-hydrogen) atoms. The van der Waals surface area contributed by atoms with Gasteiger partial charge in [-0.1, -0.05) is 62.2 Å². The number of phosphoric acid groups is 1. The zero-order chi connectivity index (χ0) is 42.0. The average Bonchev–Trinajstić information content (AvgIpc) is 3.37. The number of benzene rings is 3. The Hall–Kier alpha value is -3.60. The number of nitrogens with one attached hydrogen (secondary N) is 2. The molecule has 16 heteroatoms. The first-order valence-electron chi connectivity index (χ1n) is 17.7. The van der Waals surface area contributed by atoms with Crippen LogP contribution in [0.2, 0.25) is 10.0 Å². The largest absolute Gasteiger partial charge is 0.495 e. The van der Waals surface area contributed by atoms with Gasteiger partial charge in [0.2, 0.25) is 12.7 Å². The minimum absolute atomic E-state index is 0.0171. The summed E-state index contributed by atoms with van der Waals surface area (Å²) >= 11 is 12.4. The van der Waals surface area contributed by atoms with Crippen LogP contribution in [0.5, 0.6) is 5.75 Å². The van der Waals surface area contributed by atoms with Crippen LogP contribution >= 0.6 is 31.0 Å². The Morgan fingerprint density at radius 1 is 0.964 bits per heavy atom. The summed E-state index contributed by atoms with van der Waals surface area (Å²) in [7, 11) is -2.87. The lowest BCUT2D eigenvalue weighted by atomic mass is 9.62. The Morgan fingerprint density at radius 2 is 1.61 bits per heavy atom. The summed E-state index contributed by atoms with van der Waals surface area (Å²) in [4.78, 5) is 27.5. The molecule has 0 aromatic heterocycles. The number of amides is 1. The van der Waals surface area contributed by atoms with Crippen molar-refractivity contribution in [2.45, 2.75) is 103 Å². The third-order valence-corrected chi connectivity index (χ3v) is 11.1. The molecule has 0 bridgehead atoms. The van der Waals surface area contributed by atoms with Crippen molar-refractivity contribution in [3.63, 3.8) is 0 Å². The van der Waals surface area contributed by atoms with Crippen molar-refractivity contribution >= 4 is 48.6 Å². The van der Waals surface area contributed by atoms with Crippen LogP contribution < -0.4 is 15.4 Å². The Kier molecular flexibility index (Phi) is 13.8. The van der Waals surface area contributed by atoms with Gasteiger partial charge in [0.1, 0.15) is 22.8 Å². The van der Waals surface area contributed by atoms with Gasteiger partial charge in [-0.05, 0) is 95.3 Å². The first-order chi connectivity index (χ1) is 25.8. The first kappa shape index (κ1) is 45.1. The van der Waals surface area contributed by atoms with Gasteiger partial charge in [0.05, 0.1) is 46.7 Å². The van der Waals surface area contributed by atoms with Crippen LogP contribution in [0.1, 0.15) is 96.1 Å². The number of nitrogens with zero attached hydrogens (tertiary/aromatic N) is 1. The van der Waals surface area contributed by atoms with E-state index in [1.807, 2.05) is 20.8 Å². The van der Waals surface area contributed by atoms with Crippen LogP contribution in [0.15, 0.2) is 54.6 Å². The predicted molar refractivity (Wildman–Crippen MR) is 210 cm³/mol. The van der Waals surface area contributed by atoms with E-state index in [9.17, 15) is 19.4 Å². The molecule has 4 atom stereocenters. The molecular formula is C40H48Cl2F2N3O8P. The van der Waals surface area contributed by atoms with E-state index < -0.39 is 78.2 Å². The van der Waals surface area contributed by atoms with E-state index >= 15 is 8.78 Å². The van der Waals surface area contributed by atoms with Crippen LogP contribution in [-0.4, -0.2) is 49.1 Å². The van der Waals surface area contributed by atoms with Crippen LogP contribution in [0.3, 0.4) is 0 Å². The van der Waals surface area contributed by atoms with Crippen LogP contribution in [0.25, 0.3) is 0 Å². The Balaban J connectivity index is 1.69. The van der Waals surface area contributed by atoms with Crippen LogP contribution in [0, 0.1) is 28.4 Å². The average molecular weight is 839 g/mol. The number of methoxy groups -OCH3 is 1. The van der Waals surface area contributed by atoms with Gasteiger partial charge in [-0.3, -0.25) is 13.8 Å². The van der Waals surface area contributed by atoms with E-state index in [2.05, 4.69) is 16.7 Å². The van der Waals surface area contributed by atoms with Gasteiger partial charge in [0.15, 0.2) is 0 Å². The molecule has 1 aliphatic heterocycles. The number of ether oxygens (including phenoxy) is 2. The summed E-state index contributed by atoms with van der Waals surface area (Å²) in [6.45, 7) is 15.0. The minimum Gasteiger partial charge on any atom is -0.495 e. The van der Waals surface area contributed by atoms with E-state index in [4.69, 9.17) is 46.2 Å². The molecule has 0 spiro atoms. The molecule has 3 aromatic rings. The number of anilines is 1. The molecule has 1 aliphatic rings. The van der Waals surface area contributed by atoms with Crippen molar-refractivity contribution in [3.8, 4) is 11.8 Å². The number of carbonyl (C=O) groups is 2. The summed E-state index contributed by atoms with van der Waals surface area (Å²) in [5.74, 6) is -4.53. The third-order valence-electron chi connectivity index (χ3n) is 8.60. The highest BCUT2D eigenvalue weighted by Crippen LogP contribution is 2.56. The summed E-state index contributed by atoms with van der Waals surface area (Å²) in [6, 6.07) is 12.3. The van der Waals surface area contributed by atoms with Crippen molar-refractivity contribution < 1.29 is 46.0 Å². The molecule has 0 radical (unpaired) electrons. The zero-order valence-corrected chi connectivity index (χ0v) is 35.4. The molecule has 0 aliphatic carbocycles. The lowest BCUT2D eigenvalue weighted by molar-refractivity contribution is -0.118. The fourth-order valence-corrected chi connectivity index (χ4v) is 8.67. The maximum Gasteiger partial charge on any atom is 0.478 e. The van der Waals surface area contributed by atoms with E-state index in [0.717, 1.165) is 6.07 Å². The Bertz CT molecular complexity index is 2020. The monoisotopic (exact) mass is 837 g/mol. The number of esters is 1. The second-order valence-corrected chi connectivity index (χ2v) is 19.0. The molecule has 1 heterocycles. The van der Waals surface area contributed by atoms with Crippen LogP contribution in [0.4, 0.5) is 14.5 Å². The van der Waals surface area contributed by atoms with E-state index in [-0.39, 0.29) is 44.6 Å². The van der Waals surface area contributed by atoms with Crippen molar-refractivity contribution in [2.75, 3.05) is 19.2 Å². The molecule has 2 N–H and O–H groups in total. The highest BCUT2D eigenvalue weighted by molar-refractivity contribution is 7.48. The fourth-order valence-electron chi connectivity index (χ4n) is 6.66. The van der Waals surface area contributed by atoms with Gasteiger partial charge >= 0.3 is 13.8 Å². The summed E-state index contributed by atoms with van der Waals surface area (Å²) in [6.07, 6.45) is 0.273. The molecule has 1 amide bonds. The molecule has 11 nitrogen and oxygen atoms in total. The van der Waals surface area contributed by atoms with Gasteiger partial charge < -0.3 is 20.1 Å². The molecule has 3 aromatic carbocycles. The number of nitriles is 1. The number of hydrogen-bond donors (Lipinski definition) is 2. The van der Waals surface area contributed by atoms with Crippen molar-refractivity contribution in [2.24, 2.45) is 5.41 Å². The summed E-state index contributed by atoms with van der Waals surface area (Å²) in [5, 5.41) is 17.0. The molecule has 4 rings (SSSR count). The molecule has 1 fully saturated rings. The summed E-state index contributed by atoms with van der Waals surface area (Å²) in [5.41, 5.74) is -4.16.